The van der Waals surface area contributed by atoms with Crippen molar-refractivity contribution in [2.24, 2.45) is 16.6 Å². The molecule has 1 atom stereocenters. The summed E-state index contributed by atoms with van der Waals surface area (Å²) in [6, 6.07) is 12.0. The van der Waals surface area contributed by atoms with E-state index in [0.717, 1.165) is 30.7 Å². The maximum absolute atomic E-state index is 13.5. The summed E-state index contributed by atoms with van der Waals surface area (Å²) >= 11 is 0. The minimum absolute atomic E-state index is 0.0477. The highest BCUT2D eigenvalue weighted by molar-refractivity contribution is 6.48. The van der Waals surface area contributed by atoms with Crippen molar-refractivity contribution >= 4 is 40.3 Å². The molecule has 0 aromatic heterocycles. The lowest BCUT2D eigenvalue weighted by Gasteiger charge is -2.33. The van der Waals surface area contributed by atoms with Gasteiger partial charge in [0.25, 0.3) is 5.91 Å². The Bertz CT molecular complexity index is 1160. The van der Waals surface area contributed by atoms with E-state index in [1.807, 2.05) is 0 Å². The number of anilines is 2. The Kier molecular flexibility index (Phi) is 7.39. The summed E-state index contributed by atoms with van der Waals surface area (Å²) in [4.78, 5) is 33.4. The lowest BCUT2D eigenvalue weighted by molar-refractivity contribution is -0.274. The van der Waals surface area contributed by atoms with Gasteiger partial charge in [-0.15, -0.1) is 13.2 Å². The first kappa shape index (κ1) is 25.4. The molecule has 4 rings (SSSR count). The highest BCUT2D eigenvalue weighted by atomic mass is 19.4. The van der Waals surface area contributed by atoms with Crippen molar-refractivity contribution in [2.45, 2.75) is 32.0 Å². The molecular formula is C25H26F3N5O3. The van der Waals surface area contributed by atoms with Gasteiger partial charge in [0.2, 0.25) is 5.91 Å². The van der Waals surface area contributed by atoms with Crippen molar-refractivity contribution < 1.29 is 27.5 Å². The molecule has 11 heteroatoms. The SMILES string of the molecule is N=C(CN)C1CCN(c2ccc(N3CCCCC3=O)cc2)C(=O)C1=Nc1ccc(OC(F)(F)F)cc1. The molecule has 1 unspecified atom stereocenters. The zero-order valence-corrected chi connectivity index (χ0v) is 19.4. The monoisotopic (exact) mass is 501 g/mol. The summed E-state index contributed by atoms with van der Waals surface area (Å²) in [7, 11) is 0. The molecule has 2 saturated heterocycles. The molecule has 0 radical (unpaired) electrons. The average Bonchev–Trinajstić information content (AvgIpc) is 2.85. The lowest BCUT2D eigenvalue weighted by Crippen LogP contribution is -2.49. The minimum atomic E-state index is -4.81. The molecule has 2 aliphatic rings. The number of rotatable bonds is 6. The van der Waals surface area contributed by atoms with Crippen LogP contribution in [-0.4, -0.2) is 49.2 Å². The van der Waals surface area contributed by atoms with Gasteiger partial charge in [-0.1, -0.05) is 0 Å². The molecule has 36 heavy (non-hydrogen) atoms. The maximum Gasteiger partial charge on any atom is 0.573 e. The topological polar surface area (TPSA) is 112 Å². The number of nitrogens with two attached hydrogens (primary N) is 1. The van der Waals surface area contributed by atoms with Crippen LogP contribution in [-0.2, 0) is 9.59 Å². The van der Waals surface area contributed by atoms with Crippen LogP contribution in [0.25, 0.3) is 0 Å². The van der Waals surface area contributed by atoms with Gasteiger partial charge >= 0.3 is 6.36 Å². The molecule has 3 N–H and O–H groups in total. The minimum Gasteiger partial charge on any atom is -0.406 e. The second kappa shape index (κ2) is 10.5. The number of hydrogen-bond acceptors (Lipinski definition) is 6. The zero-order chi connectivity index (χ0) is 25.9. The van der Waals surface area contributed by atoms with Crippen LogP contribution in [0.5, 0.6) is 5.75 Å². The summed E-state index contributed by atoms with van der Waals surface area (Å²) < 4.78 is 41.2. The van der Waals surface area contributed by atoms with Crippen LogP contribution >= 0.6 is 0 Å². The fourth-order valence-corrected chi connectivity index (χ4v) is 4.39. The van der Waals surface area contributed by atoms with Gasteiger partial charge in [0.1, 0.15) is 11.5 Å². The van der Waals surface area contributed by atoms with Crippen LogP contribution in [0.3, 0.4) is 0 Å². The number of ether oxygens (including phenoxy) is 1. The van der Waals surface area contributed by atoms with Gasteiger partial charge < -0.3 is 25.7 Å². The van der Waals surface area contributed by atoms with E-state index in [0.29, 0.717) is 31.6 Å². The molecule has 2 amide bonds. The van der Waals surface area contributed by atoms with E-state index in [1.54, 1.807) is 34.1 Å². The number of hydrogen-bond donors (Lipinski definition) is 2. The third-order valence-electron chi connectivity index (χ3n) is 6.19. The van der Waals surface area contributed by atoms with E-state index in [9.17, 15) is 22.8 Å². The molecule has 0 spiro atoms. The predicted octanol–water partition coefficient (Wildman–Crippen LogP) is 4.21. The van der Waals surface area contributed by atoms with Gasteiger partial charge in [0.05, 0.1) is 5.69 Å². The van der Waals surface area contributed by atoms with E-state index >= 15 is 0 Å². The third-order valence-corrected chi connectivity index (χ3v) is 6.19. The maximum atomic E-state index is 13.5. The number of carbonyl (C=O) groups is 2. The van der Waals surface area contributed by atoms with Gasteiger partial charge in [-0.25, -0.2) is 4.99 Å². The average molecular weight is 502 g/mol. The molecule has 8 nitrogen and oxygen atoms in total. The number of piperidine rings is 2. The zero-order valence-electron chi connectivity index (χ0n) is 19.4. The molecular weight excluding hydrogens is 475 g/mol. The van der Waals surface area contributed by atoms with Crippen molar-refractivity contribution in [2.75, 3.05) is 29.4 Å². The molecule has 0 bridgehead atoms. The van der Waals surface area contributed by atoms with Crippen molar-refractivity contribution in [3.05, 3.63) is 48.5 Å². The highest BCUT2D eigenvalue weighted by Gasteiger charge is 2.36. The molecule has 2 aliphatic heterocycles. The largest absolute Gasteiger partial charge is 0.573 e. The molecule has 2 fully saturated rings. The fourth-order valence-electron chi connectivity index (χ4n) is 4.39. The van der Waals surface area contributed by atoms with E-state index in [1.165, 1.54) is 12.1 Å². The van der Waals surface area contributed by atoms with Gasteiger partial charge in [0, 0.05) is 49.1 Å². The Morgan fingerprint density at radius 2 is 1.64 bits per heavy atom. The van der Waals surface area contributed by atoms with Crippen LogP contribution in [0.2, 0.25) is 0 Å². The van der Waals surface area contributed by atoms with Gasteiger partial charge in [-0.3, -0.25) is 9.59 Å². The molecule has 190 valence electrons. The third kappa shape index (κ3) is 5.73. The summed E-state index contributed by atoms with van der Waals surface area (Å²) in [6.07, 6.45) is -2.05. The van der Waals surface area contributed by atoms with Crippen molar-refractivity contribution in [1.29, 1.82) is 5.41 Å². The standard InChI is InChI=1S/C25H26F3N5O3/c26-25(27,28)36-19-10-4-16(5-11-19)31-23-20(21(30)15-29)12-14-33(24(23)35)18-8-6-17(7-9-18)32-13-2-1-3-22(32)34/h4-11,20,30H,1-3,12-15,29H2. The second-order valence-corrected chi connectivity index (χ2v) is 8.59. The summed E-state index contributed by atoms with van der Waals surface area (Å²) in [5, 5.41) is 8.22. The van der Waals surface area contributed by atoms with Crippen molar-refractivity contribution in [1.82, 2.24) is 0 Å². The number of carbonyl (C=O) groups excluding carboxylic acids is 2. The Hall–Kier alpha value is -3.73. The number of aliphatic imine (C=N–C) groups is 1. The van der Waals surface area contributed by atoms with Crippen LogP contribution in [0.15, 0.2) is 53.5 Å². The summed E-state index contributed by atoms with van der Waals surface area (Å²) in [5.41, 5.74) is 7.55. The first-order valence-corrected chi connectivity index (χ1v) is 11.6. The van der Waals surface area contributed by atoms with E-state index < -0.39 is 23.9 Å². The van der Waals surface area contributed by atoms with Crippen LogP contribution in [0, 0.1) is 11.3 Å². The number of amides is 2. The number of alkyl halides is 3. The summed E-state index contributed by atoms with van der Waals surface area (Å²) in [5.74, 6) is -1.34. The number of nitrogens with one attached hydrogen (secondary N) is 1. The number of benzene rings is 2. The smallest absolute Gasteiger partial charge is 0.406 e. The van der Waals surface area contributed by atoms with E-state index in [-0.39, 0.29) is 29.6 Å². The first-order chi connectivity index (χ1) is 17.2. The highest BCUT2D eigenvalue weighted by Crippen LogP contribution is 2.30. The Balaban J connectivity index is 1.59. The Morgan fingerprint density at radius 3 is 2.22 bits per heavy atom. The molecule has 2 heterocycles. The van der Waals surface area contributed by atoms with Gasteiger partial charge in [0.15, 0.2) is 0 Å². The van der Waals surface area contributed by atoms with E-state index in [2.05, 4.69) is 9.73 Å². The quantitative estimate of drug-likeness (QED) is 0.578. The van der Waals surface area contributed by atoms with Crippen LogP contribution in [0.1, 0.15) is 25.7 Å². The molecule has 0 saturated carbocycles. The Labute approximate surface area is 206 Å². The second-order valence-electron chi connectivity index (χ2n) is 8.59. The predicted molar refractivity (Wildman–Crippen MR) is 130 cm³/mol. The number of halogens is 3. The van der Waals surface area contributed by atoms with Crippen LogP contribution < -0.4 is 20.3 Å². The molecule has 2 aromatic carbocycles. The van der Waals surface area contributed by atoms with Crippen molar-refractivity contribution in [3.8, 4) is 5.75 Å². The normalized spacial score (nSPS) is 20.1. The molecule has 2 aromatic rings. The summed E-state index contributed by atoms with van der Waals surface area (Å²) in [6.45, 7) is 0.951. The fraction of sp³-hybridized carbons (Fsp3) is 0.360. The van der Waals surface area contributed by atoms with Gasteiger partial charge in [-0.05, 0) is 67.8 Å². The van der Waals surface area contributed by atoms with Gasteiger partial charge in [-0.2, -0.15) is 0 Å². The number of nitrogens with zero attached hydrogens (tertiary/aromatic N) is 3. The Morgan fingerprint density at radius 1 is 1.00 bits per heavy atom. The first-order valence-electron chi connectivity index (χ1n) is 11.6. The van der Waals surface area contributed by atoms with E-state index in [4.69, 9.17) is 11.1 Å². The van der Waals surface area contributed by atoms with Crippen molar-refractivity contribution in [3.63, 3.8) is 0 Å². The lowest BCUT2D eigenvalue weighted by atomic mass is 9.88. The molecule has 0 aliphatic carbocycles. The van der Waals surface area contributed by atoms with Crippen LogP contribution in [0.4, 0.5) is 30.2 Å².